The van der Waals surface area contributed by atoms with Gasteiger partial charge in [0.25, 0.3) is 5.91 Å². The van der Waals surface area contributed by atoms with Gasteiger partial charge in [0.2, 0.25) is 16.1 Å². The number of nitrogens with zero attached hydrogens (tertiary/aromatic N) is 1. The van der Waals surface area contributed by atoms with Crippen molar-refractivity contribution < 1.29 is 37.0 Å². The third-order valence-electron chi connectivity index (χ3n) is 4.86. The standard InChI is InChI=1S/C21H22N2O8S/c24-20(14-30-21(25)19-13-29-17-3-1-2-4-18(17)31-19)22-15-5-7-16(8-6-15)32(26,27)23-9-11-28-12-10-23/h1-8,19H,9-14H2,(H,22,24). The zero-order chi connectivity index (χ0) is 22.6. The van der Waals surface area contributed by atoms with Crippen molar-refractivity contribution in [2.24, 2.45) is 0 Å². The van der Waals surface area contributed by atoms with Crippen molar-refractivity contribution >= 4 is 27.6 Å². The molecule has 2 aromatic rings. The summed E-state index contributed by atoms with van der Waals surface area (Å²) in [6, 6.07) is 12.7. The molecule has 170 valence electrons. The number of benzene rings is 2. The number of carbonyl (C=O) groups excluding carboxylic acids is 2. The van der Waals surface area contributed by atoms with E-state index < -0.39 is 34.6 Å². The number of esters is 1. The molecule has 0 saturated carbocycles. The average molecular weight is 462 g/mol. The highest BCUT2D eigenvalue weighted by Crippen LogP contribution is 2.31. The Balaban J connectivity index is 1.27. The Morgan fingerprint density at radius 3 is 2.44 bits per heavy atom. The van der Waals surface area contributed by atoms with Crippen molar-refractivity contribution in [2.75, 3.05) is 44.8 Å². The zero-order valence-corrected chi connectivity index (χ0v) is 17.9. The van der Waals surface area contributed by atoms with Gasteiger partial charge in [0.05, 0.1) is 18.1 Å². The van der Waals surface area contributed by atoms with Crippen LogP contribution in [-0.2, 0) is 29.1 Å². The molecule has 1 amide bonds. The molecule has 1 saturated heterocycles. The molecule has 1 fully saturated rings. The first-order chi connectivity index (χ1) is 15.4. The maximum Gasteiger partial charge on any atom is 0.351 e. The molecule has 11 heteroatoms. The largest absolute Gasteiger partial charge is 0.485 e. The fourth-order valence-corrected chi connectivity index (χ4v) is 4.62. The van der Waals surface area contributed by atoms with Crippen LogP contribution in [0.4, 0.5) is 5.69 Å². The van der Waals surface area contributed by atoms with Crippen LogP contribution in [0.5, 0.6) is 11.5 Å². The second-order valence-corrected chi connectivity index (χ2v) is 9.00. The Morgan fingerprint density at radius 2 is 1.72 bits per heavy atom. The molecule has 10 nitrogen and oxygen atoms in total. The highest BCUT2D eigenvalue weighted by Gasteiger charge is 2.29. The maximum absolute atomic E-state index is 12.6. The molecule has 2 aromatic carbocycles. The first-order valence-corrected chi connectivity index (χ1v) is 11.4. The van der Waals surface area contributed by atoms with Gasteiger partial charge in [0, 0.05) is 18.8 Å². The summed E-state index contributed by atoms with van der Waals surface area (Å²) in [6.07, 6.45) is -0.970. The van der Waals surface area contributed by atoms with Gasteiger partial charge >= 0.3 is 5.97 Å². The summed E-state index contributed by atoms with van der Waals surface area (Å²) in [4.78, 5) is 24.4. The Morgan fingerprint density at radius 1 is 1.03 bits per heavy atom. The normalized spacial score (nSPS) is 18.6. The Bertz CT molecular complexity index is 1080. The van der Waals surface area contributed by atoms with Crippen LogP contribution in [0.15, 0.2) is 53.4 Å². The molecule has 0 aliphatic carbocycles. The molecule has 2 aliphatic rings. The minimum atomic E-state index is -3.62. The second-order valence-electron chi connectivity index (χ2n) is 7.06. The maximum atomic E-state index is 12.6. The van der Waals surface area contributed by atoms with Gasteiger partial charge in [-0.15, -0.1) is 0 Å². The number of sulfonamides is 1. The van der Waals surface area contributed by atoms with E-state index >= 15 is 0 Å². The van der Waals surface area contributed by atoms with Crippen molar-refractivity contribution in [3.63, 3.8) is 0 Å². The first-order valence-electron chi connectivity index (χ1n) is 9.96. The number of hydrogen-bond acceptors (Lipinski definition) is 8. The summed E-state index contributed by atoms with van der Waals surface area (Å²) >= 11 is 0. The second kappa shape index (κ2) is 9.55. The number of carbonyl (C=O) groups is 2. The van der Waals surface area contributed by atoms with Gasteiger partial charge in [0.1, 0.15) is 6.61 Å². The van der Waals surface area contributed by atoms with Crippen molar-refractivity contribution in [3.8, 4) is 11.5 Å². The Hall–Kier alpha value is -3.15. The van der Waals surface area contributed by atoms with E-state index in [0.29, 0.717) is 43.5 Å². The van der Waals surface area contributed by atoms with Crippen LogP contribution in [0.3, 0.4) is 0 Å². The molecular weight excluding hydrogens is 440 g/mol. The summed E-state index contributed by atoms with van der Waals surface area (Å²) in [5.74, 6) is -0.327. The number of morpholine rings is 1. The molecule has 2 heterocycles. The van der Waals surface area contributed by atoms with E-state index in [4.69, 9.17) is 18.9 Å². The third-order valence-corrected chi connectivity index (χ3v) is 6.78. The number of hydrogen-bond donors (Lipinski definition) is 1. The van der Waals surface area contributed by atoms with Gasteiger partial charge in [-0.2, -0.15) is 4.31 Å². The van der Waals surface area contributed by atoms with Crippen molar-refractivity contribution in [2.45, 2.75) is 11.0 Å². The van der Waals surface area contributed by atoms with Crippen LogP contribution >= 0.6 is 0 Å². The molecule has 32 heavy (non-hydrogen) atoms. The molecule has 1 atom stereocenters. The molecule has 1 N–H and O–H groups in total. The van der Waals surface area contributed by atoms with Gasteiger partial charge in [-0.1, -0.05) is 12.1 Å². The van der Waals surface area contributed by atoms with Crippen molar-refractivity contribution in [3.05, 3.63) is 48.5 Å². The van der Waals surface area contributed by atoms with Crippen molar-refractivity contribution in [1.82, 2.24) is 4.31 Å². The predicted octanol–water partition coefficient (Wildman–Crippen LogP) is 1.03. The highest BCUT2D eigenvalue weighted by atomic mass is 32.2. The number of para-hydroxylation sites is 2. The molecule has 2 aliphatic heterocycles. The molecule has 4 rings (SSSR count). The predicted molar refractivity (Wildman–Crippen MR) is 112 cm³/mol. The zero-order valence-electron chi connectivity index (χ0n) is 17.1. The topological polar surface area (TPSA) is 120 Å². The van der Waals surface area contributed by atoms with Gasteiger partial charge in [-0.3, -0.25) is 4.79 Å². The van der Waals surface area contributed by atoms with E-state index in [1.54, 1.807) is 24.3 Å². The lowest BCUT2D eigenvalue weighted by Gasteiger charge is -2.26. The quantitative estimate of drug-likeness (QED) is 0.632. The van der Waals surface area contributed by atoms with Crippen molar-refractivity contribution in [1.29, 1.82) is 0 Å². The van der Waals surface area contributed by atoms with E-state index in [1.165, 1.54) is 28.6 Å². The van der Waals surface area contributed by atoms with E-state index in [0.717, 1.165) is 0 Å². The van der Waals surface area contributed by atoms with Crippen LogP contribution in [0.2, 0.25) is 0 Å². The van der Waals surface area contributed by atoms with Crippen LogP contribution in [0.1, 0.15) is 0 Å². The number of anilines is 1. The van der Waals surface area contributed by atoms with E-state index in [9.17, 15) is 18.0 Å². The smallest absolute Gasteiger partial charge is 0.351 e. The lowest BCUT2D eigenvalue weighted by molar-refractivity contribution is -0.156. The molecule has 0 aromatic heterocycles. The SMILES string of the molecule is O=C(COC(=O)C1COc2ccccc2O1)Nc1ccc(S(=O)(=O)N2CCOCC2)cc1. The van der Waals surface area contributed by atoms with E-state index in [-0.39, 0.29) is 11.5 Å². The number of rotatable bonds is 6. The number of amides is 1. The summed E-state index contributed by atoms with van der Waals surface area (Å²) in [5.41, 5.74) is 0.373. The van der Waals surface area contributed by atoms with Gasteiger partial charge in [-0.25, -0.2) is 13.2 Å². The Labute approximate surface area is 185 Å². The fraction of sp³-hybridized carbons (Fsp3) is 0.333. The van der Waals surface area contributed by atoms with E-state index in [2.05, 4.69) is 5.32 Å². The minimum Gasteiger partial charge on any atom is -0.485 e. The first kappa shape index (κ1) is 22.1. The van der Waals surface area contributed by atoms with E-state index in [1.807, 2.05) is 0 Å². The lowest BCUT2D eigenvalue weighted by atomic mass is 10.2. The van der Waals surface area contributed by atoms with Crippen LogP contribution in [0.25, 0.3) is 0 Å². The molecule has 0 bridgehead atoms. The van der Waals surface area contributed by atoms with Gasteiger partial charge in [-0.05, 0) is 36.4 Å². The molecule has 1 unspecified atom stereocenters. The summed E-state index contributed by atoms with van der Waals surface area (Å²) < 4.78 is 47.8. The Kier molecular flexibility index (Phi) is 6.58. The molecular formula is C21H22N2O8S. The summed E-state index contributed by atoms with van der Waals surface area (Å²) in [5, 5.41) is 2.56. The van der Waals surface area contributed by atoms with Crippen LogP contribution in [0, 0.1) is 0 Å². The van der Waals surface area contributed by atoms with Crippen LogP contribution < -0.4 is 14.8 Å². The average Bonchev–Trinajstić information content (AvgIpc) is 2.83. The number of fused-ring (bicyclic) bond motifs is 1. The summed E-state index contributed by atoms with van der Waals surface area (Å²) in [7, 11) is -3.62. The summed E-state index contributed by atoms with van der Waals surface area (Å²) in [6.45, 7) is 0.777. The highest BCUT2D eigenvalue weighted by molar-refractivity contribution is 7.89. The number of nitrogens with one attached hydrogen (secondary N) is 1. The molecule has 0 spiro atoms. The van der Waals surface area contributed by atoms with Crippen LogP contribution in [-0.4, -0.2) is 70.2 Å². The lowest BCUT2D eigenvalue weighted by Crippen LogP contribution is -2.40. The van der Waals surface area contributed by atoms with Gasteiger partial charge < -0.3 is 24.3 Å². The number of ether oxygens (including phenoxy) is 4. The third kappa shape index (κ3) is 5.01. The molecule has 0 radical (unpaired) electrons. The monoisotopic (exact) mass is 462 g/mol. The van der Waals surface area contributed by atoms with Gasteiger partial charge in [0.15, 0.2) is 18.1 Å². The fourth-order valence-electron chi connectivity index (χ4n) is 3.21. The minimum absolute atomic E-state index is 0.0173.